The number of halogens is 3. The smallest absolute Gasteiger partial charge is 0.445 e. The third-order valence-corrected chi connectivity index (χ3v) is 2.17. The van der Waals surface area contributed by atoms with E-state index >= 15 is 0 Å². The topological polar surface area (TPSA) is 86.3 Å². The third-order valence-electron chi connectivity index (χ3n) is 2.17. The molecule has 17 heavy (non-hydrogen) atoms. The maximum atomic E-state index is 12.6. The molecule has 0 aromatic heterocycles. The van der Waals surface area contributed by atoms with E-state index in [0.29, 0.717) is 12.1 Å². The Balaban J connectivity index is 3.60. The van der Waals surface area contributed by atoms with Crippen LogP contribution >= 0.6 is 0 Å². The number of nitrogens with zero attached hydrogens (tertiary/aromatic N) is 2. The van der Waals surface area contributed by atoms with Crippen LogP contribution in [0.25, 0.3) is 0 Å². The summed E-state index contributed by atoms with van der Waals surface area (Å²) in [6.07, 6.45) is 0. The zero-order valence-electron chi connectivity index (χ0n) is 8.39. The second kappa shape index (κ2) is 4.03. The largest absolute Gasteiger partial charge is 0.510 e. The molecule has 0 spiro atoms. The van der Waals surface area contributed by atoms with Gasteiger partial charge in [-0.3, -0.25) is 20.2 Å². The lowest BCUT2D eigenvalue weighted by Gasteiger charge is -2.17. The van der Waals surface area contributed by atoms with E-state index in [0.717, 1.165) is 6.92 Å². The minimum Gasteiger partial charge on any atom is -0.445 e. The number of hydrogen-bond donors (Lipinski definition) is 0. The average molecular weight is 249 g/mol. The summed E-state index contributed by atoms with van der Waals surface area (Å²) >= 11 is 0. The van der Waals surface area contributed by atoms with Gasteiger partial charge in [0.15, 0.2) is 0 Å². The van der Waals surface area contributed by atoms with Gasteiger partial charge in [-0.15, -0.1) is 0 Å². The van der Waals surface area contributed by atoms with E-state index in [9.17, 15) is 33.2 Å². The van der Waals surface area contributed by atoms with E-state index in [-0.39, 0.29) is 0 Å². The van der Waals surface area contributed by atoms with Crippen LogP contribution in [0.5, 0.6) is 0 Å². The van der Waals surface area contributed by atoms with Crippen molar-refractivity contribution in [1.29, 1.82) is 0 Å². The summed E-state index contributed by atoms with van der Waals surface area (Å²) in [5.41, 5.74) is -3.79. The molecule has 0 amide bonds. The molecule has 0 bridgehead atoms. The SMILES string of the molecule is Cc1c([N+](=O)[O-])cc([N+](=O)[O-])cc1[B-](F)(F)F. The molecule has 0 heterocycles. The fraction of sp³-hybridized carbons (Fsp3) is 0.143. The Labute approximate surface area is 92.4 Å². The molecule has 0 aliphatic heterocycles. The molecular formula is C7H5BF3N2O4-. The number of nitro groups is 2. The van der Waals surface area contributed by atoms with E-state index in [1.54, 1.807) is 0 Å². The molecule has 0 fully saturated rings. The fourth-order valence-electron chi connectivity index (χ4n) is 1.34. The monoisotopic (exact) mass is 249 g/mol. The van der Waals surface area contributed by atoms with Gasteiger partial charge in [-0.05, 0) is 13.0 Å². The molecule has 0 aliphatic rings. The van der Waals surface area contributed by atoms with Crippen molar-refractivity contribution >= 4 is 23.8 Å². The third kappa shape index (κ3) is 2.52. The first-order valence-electron chi connectivity index (χ1n) is 4.28. The first-order chi connectivity index (χ1) is 7.64. The zero-order chi connectivity index (χ0) is 13.4. The highest BCUT2D eigenvalue weighted by Gasteiger charge is 2.33. The van der Waals surface area contributed by atoms with Crippen molar-refractivity contribution in [3.8, 4) is 0 Å². The zero-order valence-corrected chi connectivity index (χ0v) is 8.39. The lowest BCUT2D eigenvalue weighted by molar-refractivity contribution is -0.394. The molecule has 6 nitrogen and oxygen atoms in total. The highest BCUT2D eigenvalue weighted by Crippen LogP contribution is 2.26. The van der Waals surface area contributed by atoms with Crippen LogP contribution in [0.2, 0.25) is 0 Å². The first-order valence-corrected chi connectivity index (χ1v) is 4.28. The molecule has 92 valence electrons. The minimum atomic E-state index is -5.53. The van der Waals surface area contributed by atoms with E-state index in [1.165, 1.54) is 0 Å². The first kappa shape index (κ1) is 12.9. The van der Waals surface area contributed by atoms with Crippen LogP contribution in [0.15, 0.2) is 12.1 Å². The molecule has 1 aromatic carbocycles. The Morgan fingerprint density at radius 3 is 2.00 bits per heavy atom. The predicted molar refractivity (Wildman–Crippen MR) is 53.2 cm³/mol. The van der Waals surface area contributed by atoms with E-state index in [4.69, 9.17) is 0 Å². The molecule has 0 atom stereocenters. The summed E-state index contributed by atoms with van der Waals surface area (Å²) in [6, 6.07) is 0.822. The Bertz CT molecular complexity index is 503. The summed E-state index contributed by atoms with van der Waals surface area (Å²) in [5, 5.41) is 20.9. The van der Waals surface area contributed by atoms with Crippen LogP contribution in [0, 0.1) is 27.2 Å². The van der Waals surface area contributed by atoms with Crippen molar-refractivity contribution in [1.82, 2.24) is 0 Å². The lowest BCUT2D eigenvalue weighted by atomic mass is 9.76. The number of hydrogen-bond acceptors (Lipinski definition) is 4. The van der Waals surface area contributed by atoms with Gasteiger partial charge in [-0.25, -0.2) is 0 Å². The molecule has 0 radical (unpaired) electrons. The summed E-state index contributed by atoms with van der Waals surface area (Å²) < 4.78 is 37.7. The van der Waals surface area contributed by atoms with Crippen LogP contribution < -0.4 is 5.46 Å². The van der Waals surface area contributed by atoms with Gasteiger partial charge >= 0.3 is 6.98 Å². The van der Waals surface area contributed by atoms with Crippen molar-refractivity contribution in [2.24, 2.45) is 0 Å². The molecule has 1 aromatic rings. The Morgan fingerprint density at radius 2 is 1.65 bits per heavy atom. The summed E-state index contributed by atoms with van der Waals surface area (Å²) in [4.78, 5) is 18.7. The molecule has 0 aliphatic carbocycles. The van der Waals surface area contributed by atoms with Gasteiger partial charge in [0.2, 0.25) is 0 Å². The molecule has 0 N–H and O–H groups in total. The van der Waals surface area contributed by atoms with Gasteiger partial charge < -0.3 is 12.9 Å². The molecule has 10 heteroatoms. The quantitative estimate of drug-likeness (QED) is 0.464. The van der Waals surface area contributed by atoms with E-state index in [1.807, 2.05) is 0 Å². The van der Waals surface area contributed by atoms with Crippen molar-refractivity contribution < 1.29 is 22.8 Å². The van der Waals surface area contributed by atoms with Crippen molar-refractivity contribution in [3.05, 3.63) is 37.9 Å². The summed E-state index contributed by atoms with van der Waals surface area (Å²) in [7, 11) is 0. The van der Waals surface area contributed by atoms with Gasteiger partial charge in [0.05, 0.1) is 15.9 Å². The van der Waals surface area contributed by atoms with Crippen LogP contribution in [0.3, 0.4) is 0 Å². The molecule has 0 saturated carbocycles. The van der Waals surface area contributed by atoms with E-state index < -0.39 is 39.2 Å². The van der Waals surface area contributed by atoms with Crippen molar-refractivity contribution in [2.45, 2.75) is 6.92 Å². The van der Waals surface area contributed by atoms with Gasteiger partial charge in [-0.2, -0.15) is 0 Å². The Morgan fingerprint density at radius 1 is 1.12 bits per heavy atom. The highest BCUT2D eigenvalue weighted by atomic mass is 19.4. The summed E-state index contributed by atoms with van der Waals surface area (Å²) in [5.74, 6) is 0. The average Bonchev–Trinajstić information content (AvgIpc) is 2.15. The molecule has 0 unspecified atom stereocenters. The standard InChI is InChI=1S/C7H5BF3N2O4/c1-4-6(8(9,10)11)2-5(12(14)15)3-7(4)13(16)17/h2-3H,1H3/q-1. The normalized spacial score (nSPS) is 11.3. The van der Waals surface area contributed by atoms with Gasteiger partial charge in [0.1, 0.15) is 0 Å². The second-order valence-corrected chi connectivity index (χ2v) is 3.27. The van der Waals surface area contributed by atoms with Gasteiger partial charge in [0, 0.05) is 5.56 Å². The van der Waals surface area contributed by atoms with E-state index in [2.05, 4.69) is 0 Å². The molecular weight excluding hydrogens is 244 g/mol. The number of non-ortho nitro benzene ring substituents is 1. The summed E-state index contributed by atoms with van der Waals surface area (Å²) in [6.45, 7) is -4.63. The lowest BCUT2D eigenvalue weighted by Crippen LogP contribution is -2.36. The minimum absolute atomic E-state index is 0.308. The number of benzene rings is 1. The van der Waals surface area contributed by atoms with Crippen LogP contribution in [-0.4, -0.2) is 16.8 Å². The number of nitro benzene ring substituents is 2. The van der Waals surface area contributed by atoms with Crippen molar-refractivity contribution in [2.75, 3.05) is 0 Å². The maximum Gasteiger partial charge on any atom is 0.510 e. The van der Waals surface area contributed by atoms with Crippen LogP contribution in [0.4, 0.5) is 24.3 Å². The Kier molecular flexibility index (Phi) is 3.07. The van der Waals surface area contributed by atoms with Crippen LogP contribution in [-0.2, 0) is 0 Å². The second-order valence-electron chi connectivity index (χ2n) is 3.27. The molecule has 0 saturated heterocycles. The molecule has 1 rings (SSSR count). The van der Waals surface area contributed by atoms with Crippen molar-refractivity contribution in [3.63, 3.8) is 0 Å². The van der Waals surface area contributed by atoms with Crippen LogP contribution in [0.1, 0.15) is 5.56 Å². The fourth-order valence-corrected chi connectivity index (χ4v) is 1.34. The Hall–Kier alpha value is -2.13. The highest BCUT2D eigenvalue weighted by molar-refractivity contribution is 6.74. The number of rotatable bonds is 3. The maximum absolute atomic E-state index is 12.6. The van der Waals surface area contributed by atoms with Gasteiger partial charge in [0.25, 0.3) is 11.4 Å². The van der Waals surface area contributed by atoms with Gasteiger partial charge in [-0.1, -0.05) is 5.46 Å². The predicted octanol–water partition coefficient (Wildman–Crippen LogP) is 1.87.